The van der Waals surface area contributed by atoms with Crippen LogP contribution in [0.5, 0.6) is 0 Å². The molecule has 1 aromatic heterocycles. The molecule has 1 aliphatic rings. The monoisotopic (exact) mass is 267 g/mol. The number of nitrogens with zero attached hydrogens (tertiary/aromatic N) is 1. The number of nitrogens with two attached hydrogens (primary N) is 1. The smallest absolute Gasteiger partial charge is 0.139 e. The van der Waals surface area contributed by atoms with Crippen molar-refractivity contribution in [2.24, 2.45) is 16.3 Å². The van der Waals surface area contributed by atoms with Crippen LogP contribution in [0.2, 0.25) is 0 Å². The molecule has 5 heteroatoms. The Balaban J connectivity index is 1.75. The number of oxime groups is 1. The van der Waals surface area contributed by atoms with E-state index in [0.717, 1.165) is 19.5 Å². The minimum Gasteiger partial charge on any atom is -0.409 e. The third kappa shape index (κ3) is 3.46. The van der Waals surface area contributed by atoms with Gasteiger partial charge in [-0.25, -0.2) is 0 Å². The first-order valence-electron chi connectivity index (χ1n) is 6.42. The Kier molecular flexibility index (Phi) is 4.24. The van der Waals surface area contributed by atoms with Gasteiger partial charge in [0.15, 0.2) is 0 Å². The summed E-state index contributed by atoms with van der Waals surface area (Å²) in [5.41, 5.74) is 5.81. The maximum absolute atomic E-state index is 8.60. The molecule has 0 saturated heterocycles. The van der Waals surface area contributed by atoms with Crippen LogP contribution in [-0.4, -0.2) is 17.6 Å². The van der Waals surface area contributed by atoms with Crippen molar-refractivity contribution in [3.05, 3.63) is 21.9 Å². The molecule has 1 heterocycles. The number of nitrogens with one attached hydrogen (secondary N) is 1. The quantitative estimate of drug-likeness (QED) is 0.307. The minimum absolute atomic E-state index is 0.237. The highest BCUT2D eigenvalue weighted by molar-refractivity contribution is 7.11. The molecule has 0 atom stereocenters. The van der Waals surface area contributed by atoms with Gasteiger partial charge in [-0.05, 0) is 36.8 Å². The average Bonchev–Trinajstić information content (AvgIpc) is 2.97. The molecule has 0 bridgehead atoms. The van der Waals surface area contributed by atoms with Crippen LogP contribution < -0.4 is 11.1 Å². The molecule has 1 saturated carbocycles. The van der Waals surface area contributed by atoms with Crippen LogP contribution in [0.25, 0.3) is 0 Å². The minimum atomic E-state index is 0.237. The van der Waals surface area contributed by atoms with Gasteiger partial charge in [0.2, 0.25) is 0 Å². The van der Waals surface area contributed by atoms with Gasteiger partial charge >= 0.3 is 0 Å². The summed E-state index contributed by atoms with van der Waals surface area (Å²) in [5, 5.41) is 15.2. The number of thiophene rings is 1. The second kappa shape index (κ2) is 5.71. The van der Waals surface area contributed by atoms with E-state index in [1.165, 1.54) is 22.6 Å². The average molecular weight is 267 g/mol. The fourth-order valence-corrected chi connectivity index (χ4v) is 3.10. The van der Waals surface area contributed by atoms with Crippen molar-refractivity contribution in [3.8, 4) is 0 Å². The van der Waals surface area contributed by atoms with E-state index in [9.17, 15) is 0 Å². The molecule has 1 aliphatic carbocycles. The standard InChI is InChI=1S/C13H21N3OS/c1-2-10-3-4-11(18-10)8-15-9-13(5-6-13)7-12(14)16-17/h3-4,15,17H,2,5-9H2,1H3,(H2,14,16). The van der Waals surface area contributed by atoms with Crippen molar-refractivity contribution < 1.29 is 5.21 Å². The lowest BCUT2D eigenvalue weighted by atomic mass is 10.0. The highest BCUT2D eigenvalue weighted by Gasteiger charge is 2.42. The van der Waals surface area contributed by atoms with Gasteiger partial charge in [0.05, 0.1) is 0 Å². The van der Waals surface area contributed by atoms with E-state index in [4.69, 9.17) is 10.9 Å². The van der Waals surface area contributed by atoms with Crippen molar-refractivity contribution >= 4 is 17.2 Å². The Morgan fingerprint density at radius 3 is 2.78 bits per heavy atom. The number of aryl methyl sites for hydroxylation is 1. The predicted octanol–water partition coefficient (Wildman–Crippen LogP) is 2.32. The van der Waals surface area contributed by atoms with Gasteiger partial charge in [-0.2, -0.15) is 0 Å². The summed E-state index contributed by atoms with van der Waals surface area (Å²) in [4.78, 5) is 2.82. The highest BCUT2D eigenvalue weighted by Crippen LogP contribution is 2.48. The second-order valence-corrected chi connectivity index (χ2v) is 6.35. The molecule has 0 amide bonds. The zero-order valence-corrected chi connectivity index (χ0v) is 11.6. The van der Waals surface area contributed by atoms with E-state index in [0.29, 0.717) is 12.3 Å². The Morgan fingerprint density at radius 2 is 2.22 bits per heavy atom. The lowest BCUT2D eigenvalue weighted by molar-refractivity contribution is 0.314. The third-order valence-electron chi connectivity index (χ3n) is 3.51. The molecule has 1 fully saturated rings. The Hall–Kier alpha value is -1.07. The van der Waals surface area contributed by atoms with Crippen LogP contribution >= 0.6 is 11.3 Å². The van der Waals surface area contributed by atoms with Gasteiger partial charge in [0, 0.05) is 29.3 Å². The summed E-state index contributed by atoms with van der Waals surface area (Å²) >= 11 is 1.87. The van der Waals surface area contributed by atoms with Crippen LogP contribution in [0.3, 0.4) is 0 Å². The maximum atomic E-state index is 8.60. The molecule has 0 radical (unpaired) electrons. The van der Waals surface area contributed by atoms with E-state index in [2.05, 4.69) is 29.5 Å². The molecule has 1 aromatic rings. The summed E-state index contributed by atoms with van der Waals surface area (Å²) in [7, 11) is 0. The molecule has 2 rings (SSSR count). The maximum Gasteiger partial charge on any atom is 0.139 e. The van der Waals surface area contributed by atoms with Crippen LogP contribution in [0.1, 0.15) is 35.9 Å². The van der Waals surface area contributed by atoms with Crippen molar-refractivity contribution in [1.82, 2.24) is 5.32 Å². The number of hydrogen-bond acceptors (Lipinski definition) is 4. The van der Waals surface area contributed by atoms with Crippen molar-refractivity contribution in [2.45, 2.75) is 39.2 Å². The van der Waals surface area contributed by atoms with Crippen LogP contribution in [0.15, 0.2) is 17.3 Å². The molecular formula is C13H21N3OS. The summed E-state index contributed by atoms with van der Waals surface area (Å²) in [6, 6.07) is 4.39. The summed E-state index contributed by atoms with van der Waals surface area (Å²) in [6.07, 6.45) is 4.14. The first-order chi connectivity index (χ1) is 8.67. The van der Waals surface area contributed by atoms with Crippen molar-refractivity contribution in [1.29, 1.82) is 0 Å². The van der Waals surface area contributed by atoms with E-state index in [1.807, 2.05) is 11.3 Å². The zero-order chi connectivity index (χ0) is 13.0. The molecule has 0 aromatic carbocycles. The molecule has 0 aliphatic heterocycles. The predicted molar refractivity (Wildman–Crippen MR) is 75.1 cm³/mol. The SMILES string of the molecule is CCc1ccc(CNCC2(C/C(N)=N/O)CC2)s1. The fourth-order valence-electron chi connectivity index (χ4n) is 2.17. The summed E-state index contributed by atoms with van der Waals surface area (Å²) in [6.45, 7) is 4.05. The van der Waals surface area contributed by atoms with Gasteiger partial charge in [-0.1, -0.05) is 12.1 Å². The molecule has 18 heavy (non-hydrogen) atoms. The first-order valence-corrected chi connectivity index (χ1v) is 7.24. The summed E-state index contributed by atoms with van der Waals surface area (Å²) < 4.78 is 0. The Bertz CT molecular complexity index is 424. The van der Waals surface area contributed by atoms with E-state index < -0.39 is 0 Å². The lowest BCUT2D eigenvalue weighted by Gasteiger charge is -2.14. The fraction of sp³-hybridized carbons (Fsp3) is 0.615. The van der Waals surface area contributed by atoms with E-state index in [1.54, 1.807) is 0 Å². The second-order valence-electron chi connectivity index (χ2n) is 5.09. The first kappa shape index (κ1) is 13.4. The van der Waals surface area contributed by atoms with Gasteiger partial charge in [0.1, 0.15) is 5.84 Å². The number of rotatable bonds is 7. The zero-order valence-electron chi connectivity index (χ0n) is 10.8. The number of hydrogen-bond donors (Lipinski definition) is 3. The van der Waals surface area contributed by atoms with Gasteiger partial charge in [-0.3, -0.25) is 0 Å². The lowest BCUT2D eigenvalue weighted by Crippen LogP contribution is -2.27. The highest BCUT2D eigenvalue weighted by atomic mass is 32.1. The molecule has 4 nitrogen and oxygen atoms in total. The van der Waals surface area contributed by atoms with E-state index >= 15 is 0 Å². The molecule has 0 unspecified atom stereocenters. The van der Waals surface area contributed by atoms with Crippen LogP contribution in [-0.2, 0) is 13.0 Å². The van der Waals surface area contributed by atoms with Gasteiger partial charge < -0.3 is 16.3 Å². The summed E-state index contributed by atoms with van der Waals surface area (Å²) in [5.74, 6) is 0.346. The van der Waals surface area contributed by atoms with Gasteiger partial charge in [-0.15, -0.1) is 11.3 Å². The third-order valence-corrected chi connectivity index (χ3v) is 4.74. The largest absolute Gasteiger partial charge is 0.409 e. The molecule has 100 valence electrons. The van der Waals surface area contributed by atoms with E-state index in [-0.39, 0.29) is 5.41 Å². The van der Waals surface area contributed by atoms with Crippen molar-refractivity contribution in [2.75, 3.05) is 6.54 Å². The van der Waals surface area contributed by atoms with Crippen molar-refractivity contribution in [3.63, 3.8) is 0 Å². The van der Waals surface area contributed by atoms with Gasteiger partial charge in [0.25, 0.3) is 0 Å². The number of amidine groups is 1. The van der Waals surface area contributed by atoms with Crippen LogP contribution in [0.4, 0.5) is 0 Å². The molecular weight excluding hydrogens is 246 g/mol. The van der Waals surface area contributed by atoms with Crippen LogP contribution in [0, 0.1) is 5.41 Å². The Morgan fingerprint density at radius 1 is 1.50 bits per heavy atom. The normalized spacial score (nSPS) is 17.9. The molecule has 0 spiro atoms. The topological polar surface area (TPSA) is 70.6 Å². The Labute approximate surface area is 112 Å². The molecule has 4 N–H and O–H groups in total.